The predicted octanol–water partition coefficient (Wildman–Crippen LogP) is 5.20. The molecule has 0 amide bonds. The molecule has 1 aliphatic carbocycles. The zero-order chi connectivity index (χ0) is 21.5. The molecule has 0 aliphatic heterocycles. The normalized spacial score (nSPS) is 14.6. The molecule has 156 valence electrons. The van der Waals surface area contributed by atoms with Crippen LogP contribution in [0.2, 0.25) is 0 Å². The van der Waals surface area contributed by atoms with Crippen LogP contribution < -0.4 is 19.9 Å². The molecule has 0 saturated carbocycles. The summed E-state index contributed by atoms with van der Waals surface area (Å²) >= 11 is 0. The molecule has 1 unspecified atom stereocenters. The van der Waals surface area contributed by atoms with E-state index in [1.165, 1.54) is 11.1 Å². The molecule has 5 rings (SSSR count). The second-order valence-electron chi connectivity index (χ2n) is 7.68. The quantitative estimate of drug-likeness (QED) is 0.499. The van der Waals surface area contributed by atoms with E-state index in [2.05, 4.69) is 36.4 Å². The fourth-order valence-corrected chi connectivity index (χ4v) is 4.71. The SMILES string of the molecule is COc1cc(C2Cc3ccccc3-c3nc(N)c4ccccc4c32)cc(OC)c1OC. The van der Waals surface area contributed by atoms with E-state index in [0.717, 1.165) is 34.0 Å². The van der Waals surface area contributed by atoms with Crippen LogP contribution >= 0.6 is 0 Å². The van der Waals surface area contributed by atoms with Crippen molar-refractivity contribution >= 4 is 16.6 Å². The van der Waals surface area contributed by atoms with Crippen LogP contribution in [0.1, 0.15) is 22.6 Å². The van der Waals surface area contributed by atoms with Crippen LogP contribution in [-0.2, 0) is 6.42 Å². The van der Waals surface area contributed by atoms with Gasteiger partial charge < -0.3 is 19.9 Å². The number of fused-ring (bicyclic) bond motifs is 5. The molecule has 0 radical (unpaired) electrons. The van der Waals surface area contributed by atoms with Gasteiger partial charge in [-0.15, -0.1) is 0 Å². The van der Waals surface area contributed by atoms with Crippen molar-refractivity contribution in [1.29, 1.82) is 0 Å². The maximum absolute atomic E-state index is 6.38. The van der Waals surface area contributed by atoms with Gasteiger partial charge in [0.05, 0.1) is 27.0 Å². The molecule has 2 N–H and O–H groups in total. The van der Waals surface area contributed by atoms with Crippen molar-refractivity contribution in [1.82, 2.24) is 4.98 Å². The summed E-state index contributed by atoms with van der Waals surface area (Å²) < 4.78 is 16.8. The Morgan fingerprint density at radius 3 is 2.16 bits per heavy atom. The highest BCUT2D eigenvalue weighted by Crippen LogP contribution is 2.48. The summed E-state index contributed by atoms with van der Waals surface area (Å²) in [5, 5.41) is 2.09. The van der Waals surface area contributed by atoms with Crippen molar-refractivity contribution in [3.8, 4) is 28.5 Å². The van der Waals surface area contributed by atoms with E-state index >= 15 is 0 Å². The lowest BCUT2D eigenvalue weighted by Crippen LogP contribution is -2.16. The Kier molecular flexibility index (Phi) is 4.66. The lowest BCUT2D eigenvalue weighted by molar-refractivity contribution is 0.323. The first kappa shape index (κ1) is 19.2. The fraction of sp³-hybridized carbons (Fsp3) is 0.192. The highest BCUT2D eigenvalue weighted by Gasteiger charge is 2.31. The minimum atomic E-state index is 0.0663. The third-order valence-corrected chi connectivity index (χ3v) is 6.11. The first-order valence-corrected chi connectivity index (χ1v) is 10.2. The monoisotopic (exact) mass is 412 g/mol. The molecule has 1 aromatic heterocycles. The molecule has 31 heavy (non-hydrogen) atoms. The molecule has 0 fully saturated rings. The minimum Gasteiger partial charge on any atom is -0.493 e. The zero-order valence-electron chi connectivity index (χ0n) is 17.8. The van der Waals surface area contributed by atoms with Gasteiger partial charge in [-0.05, 0) is 40.6 Å². The van der Waals surface area contributed by atoms with E-state index in [1.807, 2.05) is 24.3 Å². The van der Waals surface area contributed by atoms with E-state index in [0.29, 0.717) is 23.1 Å². The Morgan fingerprint density at radius 1 is 0.839 bits per heavy atom. The Balaban J connectivity index is 1.83. The van der Waals surface area contributed by atoms with Crippen molar-refractivity contribution < 1.29 is 14.2 Å². The average Bonchev–Trinajstić information content (AvgIpc) is 2.82. The van der Waals surface area contributed by atoms with Crippen molar-refractivity contribution in [3.63, 3.8) is 0 Å². The molecule has 1 heterocycles. The number of aromatic nitrogens is 1. The molecule has 5 nitrogen and oxygen atoms in total. The first-order valence-electron chi connectivity index (χ1n) is 10.2. The van der Waals surface area contributed by atoms with Crippen LogP contribution in [0.5, 0.6) is 17.2 Å². The third kappa shape index (κ3) is 2.96. The van der Waals surface area contributed by atoms with Crippen molar-refractivity contribution in [2.45, 2.75) is 12.3 Å². The maximum Gasteiger partial charge on any atom is 0.203 e. The van der Waals surface area contributed by atoms with E-state index in [4.69, 9.17) is 24.9 Å². The number of benzene rings is 3. The van der Waals surface area contributed by atoms with Gasteiger partial charge >= 0.3 is 0 Å². The summed E-state index contributed by atoms with van der Waals surface area (Å²) in [4.78, 5) is 4.87. The first-order chi connectivity index (χ1) is 15.2. The Morgan fingerprint density at radius 2 is 1.48 bits per heavy atom. The van der Waals surface area contributed by atoms with Crippen molar-refractivity contribution in [3.05, 3.63) is 77.4 Å². The summed E-state index contributed by atoms with van der Waals surface area (Å²) in [5.41, 5.74) is 12.0. The number of hydrogen-bond acceptors (Lipinski definition) is 5. The van der Waals surface area contributed by atoms with Crippen molar-refractivity contribution in [2.75, 3.05) is 27.1 Å². The largest absolute Gasteiger partial charge is 0.493 e. The second kappa shape index (κ2) is 7.51. The van der Waals surface area contributed by atoms with Gasteiger partial charge in [-0.1, -0.05) is 48.5 Å². The standard InChI is InChI=1S/C26H24N2O3/c1-29-21-13-16(14-22(30-2)25(21)31-3)20-12-15-8-4-5-9-17(15)24-23(20)18-10-6-7-11-19(18)26(27)28-24/h4-11,13-14,20H,12H2,1-3H3,(H2,27,28). The Labute approximate surface area is 181 Å². The molecule has 0 spiro atoms. The zero-order valence-corrected chi connectivity index (χ0v) is 17.8. The highest BCUT2D eigenvalue weighted by atomic mass is 16.5. The van der Waals surface area contributed by atoms with Gasteiger partial charge in [0.25, 0.3) is 0 Å². The summed E-state index contributed by atoms with van der Waals surface area (Å²) in [6.07, 6.45) is 0.845. The molecule has 1 aliphatic rings. The Bertz CT molecular complexity index is 1270. The van der Waals surface area contributed by atoms with Gasteiger partial charge in [-0.2, -0.15) is 0 Å². The molecular formula is C26H24N2O3. The number of methoxy groups -OCH3 is 3. The van der Waals surface area contributed by atoms with Crippen LogP contribution in [-0.4, -0.2) is 26.3 Å². The number of ether oxygens (including phenoxy) is 3. The van der Waals surface area contributed by atoms with E-state index < -0.39 is 0 Å². The van der Waals surface area contributed by atoms with E-state index in [1.54, 1.807) is 21.3 Å². The lowest BCUT2D eigenvalue weighted by atomic mass is 9.76. The summed E-state index contributed by atoms with van der Waals surface area (Å²) in [6.45, 7) is 0. The number of nitrogens with zero attached hydrogens (tertiary/aromatic N) is 1. The van der Waals surface area contributed by atoms with Crippen LogP contribution in [0.3, 0.4) is 0 Å². The van der Waals surface area contributed by atoms with Gasteiger partial charge in [-0.25, -0.2) is 4.98 Å². The summed E-state index contributed by atoms with van der Waals surface area (Å²) in [5.74, 6) is 2.49. The molecule has 3 aromatic carbocycles. The van der Waals surface area contributed by atoms with Crippen LogP contribution in [0.25, 0.3) is 22.0 Å². The lowest BCUT2D eigenvalue weighted by Gasteiger charge is -2.30. The van der Waals surface area contributed by atoms with Gasteiger partial charge in [0.15, 0.2) is 11.5 Å². The number of pyridine rings is 1. The smallest absolute Gasteiger partial charge is 0.203 e. The summed E-state index contributed by atoms with van der Waals surface area (Å²) in [7, 11) is 4.90. The topological polar surface area (TPSA) is 66.6 Å². The molecule has 1 atom stereocenters. The number of nitrogens with two attached hydrogens (primary N) is 1. The number of hydrogen-bond donors (Lipinski definition) is 1. The Hall–Kier alpha value is -3.73. The number of rotatable bonds is 4. The van der Waals surface area contributed by atoms with Crippen LogP contribution in [0, 0.1) is 0 Å². The number of anilines is 1. The van der Waals surface area contributed by atoms with Crippen LogP contribution in [0.15, 0.2) is 60.7 Å². The van der Waals surface area contributed by atoms with Crippen LogP contribution in [0.4, 0.5) is 5.82 Å². The molecule has 0 bridgehead atoms. The van der Waals surface area contributed by atoms with Gasteiger partial charge in [0, 0.05) is 16.9 Å². The molecular weight excluding hydrogens is 388 g/mol. The maximum atomic E-state index is 6.38. The fourth-order valence-electron chi connectivity index (χ4n) is 4.71. The van der Waals surface area contributed by atoms with E-state index in [9.17, 15) is 0 Å². The van der Waals surface area contributed by atoms with Crippen molar-refractivity contribution in [2.24, 2.45) is 0 Å². The molecule has 4 aromatic rings. The molecule has 0 saturated heterocycles. The van der Waals surface area contributed by atoms with Gasteiger partial charge in [0.1, 0.15) is 5.82 Å². The third-order valence-electron chi connectivity index (χ3n) is 6.11. The van der Waals surface area contributed by atoms with Gasteiger partial charge in [-0.3, -0.25) is 0 Å². The predicted molar refractivity (Wildman–Crippen MR) is 123 cm³/mol. The second-order valence-corrected chi connectivity index (χ2v) is 7.68. The molecule has 5 heteroatoms. The minimum absolute atomic E-state index is 0.0663. The van der Waals surface area contributed by atoms with Gasteiger partial charge in [0.2, 0.25) is 5.75 Å². The average molecular weight is 412 g/mol. The highest BCUT2D eigenvalue weighted by molar-refractivity contribution is 5.98. The number of nitrogen functional groups attached to an aromatic ring is 1. The summed E-state index contributed by atoms with van der Waals surface area (Å²) in [6, 6.07) is 20.7. The van der Waals surface area contributed by atoms with E-state index in [-0.39, 0.29) is 5.92 Å².